The van der Waals surface area contributed by atoms with Crippen molar-refractivity contribution in [2.45, 2.75) is 18.9 Å². The molecule has 3 heterocycles. The Labute approximate surface area is 196 Å². The maximum Gasteiger partial charge on any atom is 0.414 e. The Morgan fingerprint density at radius 1 is 1.15 bits per heavy atom. The number of nitrogens with zero attached hydrogens (tertiary/aromatic N) is 2. The van der Waals surface area contributed by atoms with E-state index in [1.165, 1.54) is 4.90 Å². The lowest BCUT2D eigenvalue weighted by molar-refractivity contribution is -0.122. The van der Waals surface area contributed by atoms with Gasteiger partial charge in [-0.2, -0.15) is 0 Å². The molecule has 1 aromatic heterocycles. The van der Waals surface area contributed by atoms with E-state index in [0.29, 0.717) is 49.9 Å². The molecule has 0 radical (unpaired) electrons. The second kappa shape index (κ2) is 9.46. The molecule has 34 heavy (non-hydrogen) atoms. The summed E-state index contributed by atoms with van der Waals surface area (Å²) in [7, 11) is 1.63. The van der Waals surface area contributed by atoms with E-state index >= 15 is 0 Å². The summed E-state index contributed by atoms with van der Waals surface area (Å²) in [4.78, 5) is 30.8. The summed E-state index contributed by atoms with van der Waals surface area (Å²) in [5.74, 6) is 1.84. The fourth-order valence-electron chi connectivity index (χ4n) is 4.18. The average Bonchev–Trinajstić information content (AvgIpc) is 3.23. The lowest BCUT2D eigenvalue weighted by Gasteiger charge is -2.21. The third-order valence-corrected chi connectivity index (χ3v) is 5.88. The van der Waals surface area contributed by atoms with E-state index in [-0.39, 0.29) is 12.3 Å². The largest absolute Gasteiger partial charge is 0.497 e. The highest BCUT2D eigenvalue weighted by Gasteiger charge is 2.34. The number of cyclic esters (lactones) is 1. The maximum atomic E-state index is 12.5. The normalized spacial score (nSPS) is 16.9. The monoisotopic (exact) mass is 463 g/mol. The molecule has 1 N–H and O–H groups in total. The van der Waals surface area contributed by atoms with E-state index in [9.17, 15) is 9.59 Å². The molecule has 0 bridgehead atoms. The molecule has 1 fully saturated rings. The van der Waals surface area contributed by atoms with Gasteiger partial charge in [0, 0.05) is 24.2 Å². The van der Waals surface area contributed by atoms with Gasteiger partial charge in [-0.1, -0.05) is 0 Å². The van der Waals surface area contributed by atoms with Gasteiger partial charge < -0.3 is 24.3 Å². The van der Waals surface area contributed by atoms with Gasteiger partial charge in [0.15, 0.2) is 11.5 Å². The smallest absolute Gasteiger partial charge is 0.414 e. The van der Waals surface area contributed by atoms with Gasteiger partial charge >= 0.3 is 6.09 Å². The topological polar surface area (TPSA) is 99.2 Å². The number of pyridine rings is 1. The molecule has 0 aliphatic carbocycles. The molecule has 9 nitrogen and oxygen atoms in total. The number of amides is 2. The zero-order valence-electron chi connectivity index (χ0n) is 18.8. The predicted molar refractivity (Wildman–Crippen MR) is 125 cm³/mol. The molecule has 2 amide bonds. The summed E-state index contributed by atoms with van der Waals surface area (Å²) in [5.41, 5.74) is 2.60. The van der Waals surface area contributed by atoms with Crippen LogP contribution in [0.4, 0.5) is 10.5 Å². The number of benzene rings is 2. The maximum absolute atomic E-state index is 12.5. The highest BCUT2D eigenvalue weighted by Crippen LogP contribution is 2.35. The Morgan fingerprint density at radius 2 is 2.00 bits per heavy atom. The lowest BCUT2D eigenvalue weighted by Crippen LogP contribution is -2.31. The molecule has 1 atom stereocenters. The SMILES string of the molecule is COc1ccc2nccc(CCNC(=O)CC3CN(c4ccc5c(c4)OCCO5)C(=O)O3)c2c1. The van der Waals surface area contributed by atoms with Crippen molar-refractivity contribution in [2.75, 3.05) is 38.3 Å². The van der Waals surface area contributed by atoms with Gasteiger partial charge in [0.25, 0.3) is 0 Å². The van der Waals surface area contributed by atoms with Crippen molar-refractivity contribution in [2.24, 2.45) is 0 Å². The van der Waals surface area contributed by atoms with Crippen LogP contribution < -0.4 is 24.4 Å². The van der Waals surface area contributed by atoms with Crippen molar-refractivity contribution < 1.29 is 28.5 Å². The van der Waals surface area contributed by atoms with Crippen molar-refractivity contribution in [3.8, 4) is 17.2 Å². The van der Waals surface area contributed by atoms with Gasteiger partial charge in [-0.05, 0) is 48.4 Å². The number of hydrogen-bond acceptors (Lipinski definition) is 7. The highest BCUT2D eigenvalue weighted by atomic mass is 16.6. The van der Waals surface area contributed by atoms with Crippen LogP contribution in [0.1, 0.15) is 12.0 Å². The van der Waals surface area contributed by atoms with Gasteiger partial charge in [-0.15, -0.1) is 0 Å². The molecule has 2 aliphatic heterocycles. The van der Waals surface area contributed by atoms with Crippen molar-refractivity contribution >= 4 is 28.6 Å². The Hall–Kier alpha value is -4.01. The van der Waals surface area contributed by atoms with E-state index in [0.717, 1.165) is 22.2 Å². The van der Waals surface area contributed by atoms with E-state index < -0.39 is 12.2 Å². The van der Waals surface area contributed by atoms with E-state index in [1.54, 1.807) is 31.5 Å². The number of rotatable bonds is 7. The number of anilines is 1. The number of aromatic nitrogens is 1. The zero-order chi connectivity index (χ0) is 23.5. The number of carbonyl (C=O) groups is 2. The first kappa shape index (κ1) is 21.8. The number of carbonyl (C=O) groups excluding carboxylic acids is 2. The van der Waals surface area contributed by atoms with Crippen molar-refractivity contribution in [3.05, 3.63) is 54.2 Å². The van der Waals surface area contributed by atoms with Crippen molar-refractivity contribution in [1.29, 1.82) is 0 Å². The van der Waals surface area contributed by atoms with Gasteiger partial charge in [-0.25, -0.2) is 4.79 Å². The van der Waals surface area contributed by atoms with E-state index in [1.807, 2.05) is 24.3 Å². The Balaban J connectivity index is 1.15. The summed E-state index contributed by atoms with van der Waals surface area (Å²) in [5, 5.41) is 3.92. The first-order valence-corrected chi connectivity index (χ1v) is 11.2. The van der Waals surface area contributed by atoms with Crippen LogP contribution >= 0.6 is 0 Å². The van der Waals surface area contributed by atoms with Crippen LogP contribution in [0.2, 0.25) is 0 Å². The quantitative estimate of drug-likeness (QED) is 0.575. The van der Waals surface area contributed by atoms with E-state index in [4.69, 9.17) is 18.9 Å². The van der Waals surface area contributed by atoms with Gasteiger partial charge in [0.05, 0.1) is 31.3 Å². The van der Waals surface area contributed by atoms with Gasteiger partial charge in [0.2, 0.25) is 5.91 Å². The minimum absolute atomic E-state index is 0.0949. The Morgan fingerprint density at radius 3 is 2.85 bits per heavy atom. The molecule has 176 valence electrons. The van der Waals surface area contributed by atoms with Gasteiger partial charge in [0.1, 0.15) is 25.1 Å². The van der Waals surface area contributed by atoms with Crippen LogP contribution in [-0.2, 0) is 16.0 Å². The second-order valence-corrected chi connectivity index (χ2v) is 8.10. The third kappa shape index (κ3) is 4.54. The van der Waals surface area contributed by atoms with Crippen LogP contribution in [-0.4, -0.2) is 56.5 Å². The van der Waals surface area contributed by atoms with Crippen molar-refractivity contribution in [3.63, 3.8) is 0 Å². The first-order chi connectivity index (χ1) is 16.6. The molecule has 9 heteroatoms. The number of fused-ring (bicyclic) bond motifs is 2. The summed E-state index contributed by atoms with van der Waals surface area (Å²) in [6.07, 6.45) is 1.50. The second-order valence-electron chi connectivity index (χ2n) is 8.10. The minimum atomic E-state index is -0.522. The number of hydrogen-bond donors (Lipinski definition) is 1. The predicted octanol–water partition coefficient (Wildman–Crippen LogP) is 3.09. The minimum Gasteiger partial charge on any atom is -0.497 e. The third-order valence-electron chi connectivity index (χ3n) is 5.88. The molecule has 2 aromatic carbocycles. The fraction of sp³-hybridized carbons (Fsp3) is 0.320. The average molecular weight is 463 g/mol. The molecule has 1 saturated heterocycles. The zero-order valence-corrected chi connectivity index (χ0v) is 18.8. The van der Waals surface area contributed by atoms with Crippen LogP contribution in [0.5, 0.6) is 17.2 Å². The number of methoxy groups -OCH3 is 1. The van der Waals surface area contributed by atoms with Crippen LogP contribution in [0.15, 0.2) is 48.7 Å². The molecule has 5 rings (SSSR count). The number of ether oxygens (including phenoxy) is 4. The standard InChI is InChI=1S/C25H25N3O6/c1-31-18-3-4-21-20(13-18)16(6-8-26-21)7-9-27-24(29)14-19-15-28(25(30)34-19)17-2-5-22-23(12-17)33-11-10-32-22/h2-6,8,12-13,19H,7,9-11,14-15H2,1H3,(H,27,29). The summed E-state index contributed by atoms with van der Waals surface area (Å²) in [6.45, 7) is 1.72. The highest BCUT2D eigenvalue weighted by molar-refractivity contribution is 5.91. The molecule has 0 saturated carbocycles. The van der Waals surface area contributed by atoms with Crippen LogP contribution in [0.25, 0.3) is 10.9 Å². The summed E-state index contributed by atoms with van der Waals surface area (Å²) >= 11 is 0. The summed E-state index contributed by atoms with van der Waals surface area (Å²) < 4.78 is 21.9. The summed E-state index contributed by atoms with van der Waals surface area (Å²) in [6, 6.07) is 13.0. The Bertz CT molecular complexity index is 1230. The molecular formula is C25H25N3O6. The van der Waals surface area contributed by atoms with Crippen molar-refractivity contribution in [1.82, 2.24) is 10.3 Å². The van der Waals surface area contributed by atoms with Crippen LogP contribution in [0, 0.1) is 0 Å². The number of nitrogens with one attached hydrogen (secondary N) is 1. The lowest BCUT2D eigenvalue weighted by atomic mass is 10.1. The molecule has 0 spiro atoms. The Kier molecular flexibility index (Phi) is 6.07. The molecular weight excluding hydrogens is 438 g/mol. The first-order valence-electron chi connectivity index (χ1n) is 11.2. The molecule has 3 aromatic rings. The fourth-order valence-corrected chi connectivity index (χ4v) is 4.18. The van der Waals surface area contributed by atoms with Crippen LogP contribution in [0.3, 0.4) is 0 Å². The molecule has 2 aliphatic rings. The van der Waals surface area contributed by atoms with Gasteiger partial charge in [-0.3, -0.25) is 14.7 Å². The van der Waals surface area contributed by atoms with E-state index in [2.05, 4.69) is 10.3 Å². The molecule has 1 unspecified atom stereocenters.